The van der Waals surface area contributed by atoms with Crippen LogP contribution in [0, 0.1) is 6.92 Å². The van der Waals surface area contributed by atoms with Crippen molar-refractivity contribution in [2.45, 2.75) is 20.3 Å². The van der Waals surface area contributed by atoms with Crippen LogP contribution in [0.3, 0.4) is 0 Å². The van der Waals surface area contributed by atoms with Crippen LogP contribution in [0.5, 0.6) is 11.5 Å². The minimum Gasteiger partial charge on any atom is -0.489 e. The van der Waals surface area contributed by atoms with Gasteiger partial charge in [-0.15, -0.1) is 0 Å². The van der Waals surface area contributed by atoms with Gasteiger partial charge in [-0.05, 0) is 83.6 Å². The molecule has 42 heavy (non-hydrogen) atoms. The number of benzene rings is 3. The van der Waals surface area contributed by atoms with E-state index in [0.29, 0.717) is 18.1 Å². The number of carboxylic acid groups (broad SMARTS) is 1. The number of carbonyl (C=O) groups is 1. The van der Waals surface area contributed by atoms with E-state index in [1.165, 1.54) is 0 Å². The van der Waals surface area contributed by atoms with Gasteiger partial charge in [0.05, 0.1) is 11.4 Å². The van der Waals surface area contributed by atoms with Gasteiger partial charge >= 0.3 is 5.97 Å². The van der Waals surface area contributed by atoms with Gasteiger partial charge in [0.1, 0.15) is 18.1 Å². The third kappa shape index (κ3) is 6.91. The predicted molar refractivity (Wildman–Crippen MR) is 165 cm³/mol. The summed E-state index contributed by atoms with van der Waals surface area (Å²) in [5.41, 5.74) is 9.23. The molecule has 0 saturated carbocycles. The Morgan fingerprint density at radius 1 is 0.714 bits per heavy atom. The first-order valence-corrected chi connectivity index (χ1v) is 13.9. The molecule has 0 unspecified atom stereocenters. The zero-order valence-corrected chi connectivity index (χ0v) is 23.7. The molecule has 2 aromatic heterocycles. The molecule has 5 aromatic rings. The summed E-state index contributed by atoms with van der Waals surface area (Å²) in [6.07, 6.45) is 4.39. The molecule has 1 N–H and O–H groups in total. The first-order chi connectivity index (χ1) is 20.5. The van der Waals surface area contributed by atoms with Gasteiger partial charge in [-0.3, -0.25) is 9.97 Å². The minimum absolute atomic E-state index is 0.384. The van der Waals surface area contributed by atoms with E-state index in [2.05, 4.69) is 65.4 Å². The highest BCUT2D eigenvalue weighted by Gasteiger charge is 2.14. The minimum atomic E-state index is -1.01. The van der Waals surface area contributed by atoms with Crippen LogP contribution in [0.15, 0.2) is 121 Å². The number of aliphatic carboxylic acids is 1. The maximum absolute atomic E-state index is 10.9. The molecule has 0 aliphatic heterocycles. The van der Waals surface area contributed by atoms with Crippen molar-refractivity contribution in [2.24, 2.45) is 0 Å². The van der Waals surface area contributed by atoms with Crippen molar-refractivity contribution in [1.29, 1.82) is 0 Å². The third-order valence-electron chi connectivity index (χ3n) is 6.96. The lowest BCUT2D eigenvalue weighted by Crippen LogP contribution is -2.10. The summed E-state index contributed by atoms with van der Waals surface area (Å²) in [7, 11) is 0. The number of hydrogen-bond acceptors (Lipinski definition) is 5. The van der Waals surface area contributed by atoms with E-state index in [1.807, 2.05) is 49.4 Å². The Balaban J connectivity index is 1.47. The SMILES string of the molecule is CCC(COc1ccc(OCC(=O)O)c(C)c1)=C(c1ccc(-c2ccccn2)cc1)c1ccc(-c2ccccn2)cc1. The molecule has 0 atom stereocenters. The van der Waals surface area contributed by atoms with Crippen molar-refractivity contribution in [3.8, 4) is 34.0 Å². The fourth-order valence-corrected chi connectivity index (χ4v) is 4.79. The Kier molecular flexibility index (Phi) is 9.04. The van der Waals surface area contributed by atoms with E-state index < -0.39 is 5.97 Å². The van der Waals surface area contributed by atoms with Crippen LogP contribution in [-0.2, 0) is 4.79 Å². The van der Waals surface area contributed by atoms with Gasteiger partial charge in [-0.1, -0.05) is 67.6 Å². The molecule has 0 amide bonds. The Bertz CT molecular complexity index is 1580. The van der Waals surface area contributed by atoms with E-state index in [1.54, 1.807) is 24.5 Å². The molecule has 0 bridgehead atoms. The van der Waals surface area contributed by atoms with Crippen molar-refractivity contribution in [2.75, 3.05) is 13.2 Å². The summed E-state index contributed by atoms with van der Waals surface area (Å²) in [5.74, 6) is 0.204. The van der Waals surface area contributed by atoms with Crippen molar-refractivity contribution >= 4 is 11.5 Å². The second-order valence-corrected chi connectivity index (χ2v) is 9.82. The average molecular weight is 557 g/mol. The Labute approximate surface area is 246 Å². The fourth-order valence-electron chi connectivity index (χ4n) is 4.79. The van der Waals surface area contributed by atoms with Crippen LogP contribution < -0.4 is 9.47 Å². The Morgan fingerprint density at radius 2 is 1.29 bits per heavy atom. The van der Waals surface area contributed by atoms with Gasteiger partial charge < -0.3 is 14.6 Å². The molecule has 5 rings (SSSR count). The number of ether oxygens (including phenoxy) is 2. The molecular weight excluding hydrogens is 524 g/mol. The number of rotatable bonds is 11. The highest BCUT2D eigenvalue weighted by molar-refractivity contribution is 5.84. The van der Waals surface area contributed by atoms with Crippen LogP contribution in [-0.4, -0.2) is 34.3 Å². The van der Waals surface area contributed by atoms with Crippen LogP contribution in [0.4, 0.5) is 0 Å². The first kappa shape index (κ1) is 28.3. The highest BCUT2D eigenvalue weighted by atomic mass is 16.5. The molecule has 0 radical (unpaired) electrons. The number of aryl methyl sites for hydroxylation is 1. The second kappa shape index (κ2) is 13.4. The van der Waals surface area contributed by atoms with Gasteiger partial charge in [0.2, 0.25) is 0 Å². The topological polar surface area (TPSA) is 81.5 Å². The van der Waals surface area contributed by atoms with Gasteiger partial charge in [0.25, 0.3) is 0 Å². The molecule has 0 aliphatic carbocycles. The lowest BCUT2D eigenvalue weighted by Gasteiger charge is -2.18. The second-order valence-electron chi connectivity index (χ2n) is 9.82. The molecule has 0 fully saturated rings. The van der Waals surface area contributed by atoms with Crippen molar-refractivity contribution in [1.82, 2.24) is 9.97 Å². The molecule has 2 heterocycles. The highest BCUT2D eigenvalue weighted by Crippen LogP contribution is 2.32. The zero-order chi connectivity index (χ0) is 29.3. The molecule has 6 heteroatoms. The molecule has 3 aromatic carbocycles. The normalized spacial score (nSPS) is 10.6. The van der Waals surface area contributed by atoms with Gasteiger partial charge in [0.15, 0.2) is 6.61 Å². The van der Waals surface area contributed by atoms with E-state index in [4.69, 9.17) is 14.6 Å². The largest absolute Gasteiger partial charge is 0.489 e. The number of pyridine rings is 2. The van der Waals surface area contributed by atoms with Crippen LogP contribution in [0.1, 0.15) is 30.0 Å². The molecule has 210 valence electrons. The van der Waals surface area contributed by atoms with E-state index in [9.17, 15) is 4.79 Å². The molecule has 0 aliphatic rings. The molecule has 6 nitrogen and oxygen atoms in total. The van der Waals surface area contributed by atoms with E-state index in [-0.39, 0.29) is 6.61 Å². The first-order valence-electron chi connectivity index (χ1n) is 13.9. The summed E-state index contributed by atoms with van der Waals surface area (Å²) >= 11 is 0. The summed E-state index contributed by atoms with van der Waals surface area (Å²) < 4.78 is 11.6. The molecule has 0 spiro atoms. The maximum atomic E-state index is 10.9. The standard InChI is InChI=1S/C36H32N2O4/c1-3-26(23-41-31-18-19-34(25(2)22-31)42-24-35(39)40)36(29-14-10-27(11-15-29)32-8-4-6-20-37-32)30-16-12-28(13-17-30)33-9-5-7-21-38-33/h4-22H,3,23-24H2,1-2H3,(H,39,40). The van der Waals surface area contributed by atoms with Crippen molar-refractivity contribution < 1.29 is 19.4 Å². The average Bonchev–Trinajstić information content (AvgIpc) is 3.03. The lowest BCUT2D eigenvalue weighted by molar-refractivity contribution is -0.139. The Morgan fingerprint density at radius 3 is 1.74 bits per heavy atom. The van der Waals surface area contributed by atoms with E-state index >= 15 is 0 Å². The molecular formula is C36H32N2O4. The van der Waals surface area contributed by atoms with Crippen LogP contribution >= 0.6 is 0 Å². The summed E-state index contributed by atoms with van der Waals surface area (Å²) in [4.78, 5) is 19.9. The Hall–Kier alpha value is -5.23. The van der Waals surface area contributed by atoms with E-state index in [0.717, 1.165) is 56.8 Å². The predicted octanol–water partition coefficient (Wildman–Crippen LogP) is 7.87. The summed E-state index contributed by atoms with van der Waals surface area (Å²) in [6, 6.07) is 34.2. The summed E-state index contributed by atoms with van der Waals surface area (Å²) in [6.45, 7) is 4.02. The maximum Gasteiger partial charge on any atom is 0.341 e. The fraction of sp³-hybridized carbons (Fsp3) is 0.139. The van der Waals surface area contributed by atoms with Crippen molar-refractivity contribution in [3.63, 3.8) is 0 Å². The smallest absolute Gasteiger partial charge is 0.341 e. The number of aromatic nitrogens is 2. The molecule has 0 saturated heterocycles. The van der Waals surface area contributed by atoms with Gasteiger partial charge in [0, 0.05) is 23.5 Å². The quantitative estimate of drug-likeness (QED) is 0.178. The van der Waals surface area contributed by atoms with Crippen LogP contribution in [0.25, 0.3) is 28.1 Å². The number of hydrogen-bond donors (Lipinski definition) is 1. The monoisotopic (exact) mass is 556 g/mol. The van der Waals surface area contributed by atoms with Crippen LogP contribution in [0.2, 0.25) is 0 Å². The lowest BCUT2D eigenvalue weighted by atomic mass is 9.90. The third-order valence-corrected chi connectivity index (χ3v) is 6.96. The number of nitrogens with zero attached hydrogens (tertiary/aromatic N) is 2. The van der Waals surface area contributed by atoms with Crippen molar-refractivity contribution in [3.05, 3.63) is 138 Å². The summed E-state index contributed by atoms with van der Waals surface area (Å²) in [5, 5.41) is 8.92. The zero-order valence-electron chi connectivity index (χ0n) is 23.7. The van der Waals surface area contributed by atoms with Gasteiger partial charge in [-0.2, -0.15) is 0 Å². The number of carboxylic acids is 1. The van der Waals surface area contributed by atoms with Gasteiger partial charge in [-0.25, -0.2) is 4.79 Å².